The van der Waals surface area contributed by atoms with Crippen molar-refractivity contribution in [2.24, 2.45) is 9.98 Å². The smallest absolute Gasteiger partial charge is 0.266 e. The van der Waals surface area contributed by atoms with E-state index >= 15 is 0 Å². The van der Waals surface area contributed by atoms with E-state index in [0.29, 0.717) is 0 Å². The summed E-state index contributed by atoms with van der Waals surface area (Å²) in [6.07, 6.45) is 5.27. The van der Waals surface area contributed by atoms with Crippen LogP contribution in [0.25, 0.3) is 0 Å². The van der Waals surface area contributed by atoms with Gasteiger partial charge in [0, 0.05) is 11.8 Å². The summed E-state index contributed by atoms with van der Waals surface area (Å²) in [5.41, 5.74) is 0.244. The number of nitrogens with zero attached hydrogens (tertiary/aromatic N) is 2. The average molecular weight is 222 g/mol. The summed E-state index contributed by atoms with van der Waals surface area (Å²) < 4.78 is 0. The van der Waals surface area contributed by atoms with Gasteiger partial charge in [-0.15, -0.1) is 11.6 Å². The fourth-order valence-corrected chi connectivity index (χ4v) is 0.174. The molecule has 5 heteroatoms. The van der Waals surface area contributed by atoms with E-state index in [1.807, 2.05) is 6.92 Å². The fourth-order valence-electron chi connectivity index (χ4n) is 0.174. The largest absolute Gasteiger partial charge is 0.282 e. The maximum absolute atomic E-state index is 10.2. The molecule has 0 spiro atoms. The van der Waals surface area contributed by atoms with Crippen molar-refractivity contribution in [2.75, 3.05) is 0 Å². The van der Waals surface area contributed by atoms with Gasteiger partial charge >= 0.3 is 0 Å². The molecule has 0 aromatic heterocycles. The van der Waals surface area contributed by atoms with Crippen LogP contribution in [0, 0.1) is 0 Å². The quantitative estimate of drug-likeness (QED) is 0.310. The van der Waals surface area contributed by atoms with E-state index < -0.39 is 5.91 Å². The summed E-state index contributed by atoms with van der Waals surface area (Å²) in [5, 5.41) is 0. The van der Waals surface area contributed by atoms with E-state index in [2.05, 4.69) is 29.7 Å². The molecule has 0 N–H and O–H groups in total. The molecule has 5 nitrogen and oxygen atoms in total. The van der Waals surface area contributed by atoms with Gasteiger partial charge < -0.3 is 0 Å². The zero-order valence-corrected chi connectivity index (χ0v) is 9.40. The third-order valence-electron chi connectivity index (χ3n) is 0.656. The molecule has 1 amide bonds. The highest BCUT2D eigenvalue weighted by Crippen LogP contribution is 1.87. The third-order valence-corrected chi connectivity index (χ3v) is 0.656. The minimum atomic E-state index is -0.611. The zero-order chi connectivity index (χ0) is 13.4. The molecule has 0 saturated heterocycles. The predicted molar refractivity (Wildman–Crippen MR) is 62.1 cm³/mol. The molecule has 0 aromatic rings. The number of aliphatic imine (C=N–C) groups is 2. The number of hydrogen-bond donors (Lipinski definition) is 0. The first kappa shape index (κ1) is 19.3. The highest BCUT2D eigenvalue weighted by molar-refractivity contribution is 5.95. The third kappa shape index (κ3) is 29.9. The molecule has 0 aliphatic rings. The van der Waals surface area contributed by atoms with Crippen molar-refractivity contribution >= 4 is 18.1 Å². The van der Waals surface area contributed by atoms with Crippen molar-refractivity contribution in [1.82, 2.24) is 0 Å². The van der Waals surface area contributed by atoms with Crippen molar-refractivity contribution in [1.29, 1.82) is 0 Å². The number of rotatable bonds is 2. The van der Waals surface area contributed by atoms with Gasteiger partial charge in [-0.05, 0) is 13.8 Å². The van der Waals surface area contributed by atoms with E-state index in [-0.39, 0.29) is 5.57 Å². The number of isocyanates is 2. The second-order valence-corrected chi connectivity index (χ2v) is 2.10. The molecule has 0 aliphatic carbocycles. The number of carbonyl (C=O) groups is 1. The maximum atomic E-state index is 10.2. The topological polar surface area (TPSA) is 75.9 Å². The van der Waals surface area contributed by atoms with Gasteiger partial charge in [-0.1, -0.05) is 19.2 Å². The standard InChI is InChI=1S/C5H5NO2.C3H3NO.C3H6/c1-4(2)5(8)6-3-7;1-2-4-3-5;1-3-2/h1H2,2H3;2H,1H2;3H,1H2,2H3. The van der Waals surface area contributed by atoms with Crippen LogP contribution in [0.2, 0.25) is 0 Å². The predicted octanol–water partition coefficient (Wildman–Crippen LogP) is 2.08. The Labute approximate surface area is 94.6 Å². The lowest BCUT2D eigenvalue weighted by Crippen LogP contribution is -1.90. The van der Waals surface area contributed by atoms with Gasteiger partial charge in [-0.2, -0.15) is 4.99 Å². The van der Waals surface area contributed by atoms with E-state index in [9.17, 15) is 9.59 Å². The molecule has 0 radical (unpaired) electrons. The molecule has 0 bridgehead atoms. The normalized spacial score (nSPS) is 5.88. The van der Waals surface area contributed by atoms with Crippen LogP contribution in [0.3, 0.4) is 0 Å². The zero-order valence-electron chi connectivity index (χ0n) is 9.40. The van der Waals surface area contributed by atoms with E-state index in [1.165, 1.54) is 13.0 Å². The second kappa shape index (κ2) is 18.4. The van der Waals surface area contributed by atoms with Crippen LogP contribution >= 0.6 is 0 Å². The Balaban J connectivity index is -0.000000181. The number of carbonyl (C=O) groups excluding carboxylic acids is 3. The van der Waals surface area contributed by atoms with Crippen molar-refractivity contribution < 1.29 is 14.4 Å². The average Bonchev–Trinajstić information content (AvgIpc) is 2.21. The Hall–Kier alpha value is -2.35. The molecule has 16 heavy (non-hydrogen) atoms. The van der Waals surface area contributed by atoms with Crippen LogP contribution in [0.5, 0.6) is 0 Å². The molecule has 0 saturated carbocycles. The summed E-state index contributed by atoms with van der Waals surface area (Å²) in [6.45, 7) is 13.1. The van der Waals surface area contributed by atoms with E-state index in [4.69, 9.17) is 4.79 Å². The first-order valence-electron chi connectivity index (χ1n) is 4.04. The molecule has 0 unspecified atom stereocenters. The summed E-state index contributed by atoms with van der Waals surface area (Å²) in [5.74, 6) is -0.611. The van der Waals surface area contributed by atoms with Crippen molar-refractivity contribution in [2.45, 2.75) is 13.8 Å². The number of hydrogen-bond acceptors (Lipinski definition) is 4. The molecule has 0 heterocycles. The molecule has 86 valence electrons. The first-order chi connectivity index (χ1) is 7.51. The lowest BCUT2D eigenvalue weighted by Gasteiger charge is -1.80. The SMILES string of the molecule is C=C(C)C(=O)N=C=O.C=CC.C=CN=C=O. The monoisotopic (exact) mass is 222 g/mol. The van der Waals surface area contributed by atoms with Crippen LogP contribution in [-0.2, 0) is 14.4 Å². The van der Waals surface area contributed by atoms with Gasteiger partial charge in [0.05, 0.1) is 0 Å². The first-order valence-corrected chi connectivity index (χ1v) is 4.04. The number of allylic oxidation sites excluding steroid dienone is 1. The van der Waals surface area contributed by atoms with Crippen molar-refractivity contribution in [3.05, 3.63) is 37.6 Å². The van der Waals surface area contributed by atoms with Gasteiger partial charge in [0.1, 0.15) is 0 Å². The Morgan fingerprint density at radius 2 is 1.69 bits per heavy atom. The Bertz CT molecular complexity index is 329. The minimum absolute atomic E-state index is 0.244. The summed E-state index contributed by atoms with van der Waals surface area (Å²) in [6, 6.07) is 0. The van der Waals surface area contributed by atoms with E-state index in [0.717, 1.165) is 12.3 Å². The van der Waals surface area contributed by atoms with Gasteiger partial charge in [0.2, 0.25) is 12.2 Å². The summed E-state index contributed by atoms with van der Waals surface area (Å²) >= 11 is 0. The highest BCUT2D eigenvalue weighted by Gasteiger charge is 1.94. The molecule has 0 fully saturated rings. The van der Waals surface area contributed by atoms with Gasteiger partial charge in [-0.3, -0.25) is 4.79 Å². The molecule has 0 atom stereocenters. The lowest BCUT2D eigenvalue weighted by molar-refractivity contribution is -0.114. The van der Waals surface area contributed by atoms with Gasteiger partial charge in [0.25, 0.3) is 5.91 Å². The maximum Gasteiger partial charge on any atom is 0.282 e. The molecule has 0 aromatic carbocycles. The molecular weight excluding hydrogens is 208 g/mol. The lowest BCUT2D eigenvalue weighted by atomic mass is 10.3. The van der Waals surface area contributed by atoms with Crippen LogP contribution in [0.1, 0.15) is 13.8 Å². The molecular formula is C11H14N2O3. The fraction of sp³-hybridized carbons (Fsp3) is 0.182. The van der Waals surface area contributed by atoms with E-state index in [1.54, 1.807) is 6.08 Å². The second-order valence-electron chi connectivity index (χ2n) is 2.10. The Morgan fingerprint density at radius 3 is 1.75 bits per heavy atom. The van der Waals surface area contributed by atoms with Crippen LogP contribution in [-0.4, -0.2) is 18.1 Å². The van der Waals surface area contributed by atoms with Crippen LogP contribution in [0.15, 0.2) is 47.6 Å². The van der Waals surface area contributed by atoms with Crippen molar-refractivity contribution in [3.8, 4) is 0 Å². The van der Waals surface area contributed by atoms with Crippen molar-refractivity contribution in [3.63, 3.8) is 0 Å². The number of amides is 1. The minimum Gasteiger partial charge on any atom is -0.266 e. The summed E-state index contributed by atoms with van der Waals surface area (Å²) in [4.78, 5) is 34.3. The summed E-state index contributed by atoms with van der Waals surface area (Å²) in [7, 11) is 0. The van der Waals surface area contributed by atoms with Gasteiger partial charge in [0.15, 0.2) is 0 Å². The molecule has 0 rings (SSSR count). The highest BCUT2D eigenvalue weighted by atomic mass is 16.2. The van der Waals surface area contributed by atoms with Gasteiger partial charge in [-0.25, -0.2) is 9.59 Å². The van der Waals surface area contributed by atoms with Crippen LogP contribution in [0.4, 0.5) is 0 Å². The molecule has 0 aliphatic heterocycles. The van der Waals surface area contributed by atoms with Crippen LogP contribution < -0.4 is 0 Å². The Kier molecular flexibility index (Phi) is 22.2. The Morgan fingerprint density at radius 1 is 1.25 bits per heavy atom.